The van der Waals surface area contributed by atoms with Crippen molar-refractivity contribution in [2.45, 2.75) is 26.2 Å². The number of nitrogens with zero attached hydrogens (tertiary/aromatic N) is 1. The lowest BCUT2D eigenvalue weighted by Crippen LogP contribution is -2.42. The van der Waals surface area contributed by atoms with Crippen molar-refractivity contribution in [2.24, 2.45) is 5.92 Å². The summed E-state index contributed by atoms with van der Waals surface area (Å²) in [4.78, 5) is 24.4. The summed E-state index contributed by atoms with van der Waals surface area (Å²) in [5.41, 5.74) is 1.83. The molecule has 1 aromatic carbocycles. The normalized spacial score (nSPS) is 13.8. The smallest absolute Gasteiger partial charge is 0.321 e. The lowest BCUT2D eigenvalue weighted by molar-refractivity contribution is -0.136. The van der Waals surface area contributed by atoms with Crippen molar-refractivity contribution in [3.05, 3.63) is 29.8 Å². The van der Waals surface area contributed by atoms with Crippen molar-refractivity contribution in [1.82, 2.24) is 5.32 Å². The maximum atomic E-state index is 12.2. The van der Waals surface area contributed by atoms with Crippen LogP contribution in [0, 0.1) is 12.8 Å². The van der Waals surface area contributed by atoms with E-state index in [9.17, 15) is 9.59 Å². The minimum absolute atomic E-state index is 0.0648. The Bertz CT molecular complexity index is 480. The van der Waals surface area contributed by atoms with Crippen molar-refractivity contribution in [1.29, 1.82) is 0 Å². The second-order valence-corrected chi connectivity index (χ2v) is 5.26. The van der Waals surface area contributed by atoms with Gasteiger partial charge in [-0.2, -0.15) is 0 Å². The van der Waals surface area contributed by atoms with E-state index in [4.69, 9.17) is 5.11 Å². The van der Waals surface area contributed by atoms with E-state index in [0.717, 1.165) is 11.3 Å². The van der Waals surface area contributed by atoms with Gasteiger partial charge in [-0.15, -0.1) is 0 Å². The van der Waals surface area contributed by atoms with Crippen molar-refractivity contribution >= 4 is 17.7 Å². The number of carbonyl (C=O) groups is 2. The molecule has 1 aliphatic carbocycles. The second kappa shape index (κ2) is 6.41. The Labute approximate surface area is 118 Å². The van der Waals surface area contributed by atoms with Crippen LogP contribution in [0.4, 0.5) is 10.5 Å². The molecule has 0 saturated heterocycles. The first-order valence-electron chi connectivity index (χ1n) is 6.90. The van der Waals surface area contributed by atoms with Crippen LogP contribution < -0.4 is 10.2 Å². The molecule has 0 aliphatic heterocycles. The number of amides is 2. The molecule has 1 fully saturated rings. The van der Waals surface area contributed by atoms with Crippen LogP contribution in [0.1, 0.15) is 24.8 Å². The fourth-order valence-corrected chi connectivity index (χ4v) is 1.93. The van der Waals surface area contributed by atoms with Gasteiger partial charge in [0.15, 0.2) is 0 Å². The predicted octanol–water partition coefficient (Wildman–Crippen LogP) is 2.40. The topological polar surface area (TPSA) is 69.6 Å². The molecular weight excluding hydrogens is 256 g/mol. The Balaban J connectivity index is 2.03. The van der Waals surface area contributed by atoms with E-state index < -0.39 is 5.97 Å². The van der Waals surface area contributed by atoms with E-state index in [0.29, 0.717) is 12.5 Å². The molecule has 0 unspecified atom stereocenters. The van der Waals surface area contributed by atoms with Crippen LogP contribution in [0.3, 0.4) is 0 Å². The number of urea groups is 1. The maximum Gasteiger partial charge on any atom is 0.321 e. The maximum absolute atomic E-state index is 12.2. The Kier molecular flexibility index (Phi) is 4.61. The van der Waals surface area contributed by atoms with E-state index in [1.54, 1.807) is 0 Å². The third-order valence-electron chi connectivity index (χ3n) is 3.38. The molecule has 20 heavy (non-hydrogen) atoms. The van der Waals surface area contributed by atoms with Crippen molar-refractivity contribution < 1.29 is 14.7 Å². The van der Waals surface area contributed by atoms with Crippen LogP contribution in [0.2, 0.25) is 0 Å². The second-order valence-electron chi connectivity index (χ2n) is 5.26. The van der Waals surface area contributed by atoms with Gasteiger partial charge in [-0.05, 0) is 37.8 Å². The third kappa shape index (κ3) is 4.26. The number of hydrogen-bond acceptors (Lipinski definition) is 2. The molecular formula is C15H20N2O3. The molecule has 0 bridgehead atoms. The minimum atomic E-state index is -0.905. The average molecular weight is 276 g/mol. The summed E-state index contributed by atoms with van der Waals surface area (Å²) in [7, 11) is 0. The van der Waals surface area contributed by atoms with Gasteiger partial charge in [0.05, 0.1) is 6.42 Å². The van der Waals surface area contributed by atoms with Crippen molar-refractivity contribution in [2.75, 3.05) is 18.0 Å². The first-order chi connectivity index (χ1) is 9.56. The zero-order chi connectivity index (χ0) is 14.5. The Morgan fingerprint density at radius 3 is 2.50 bits per heavy atom. The Morgan fingerprint density at radius 2 is 1.95 bits per heavy atom. The van der Waals surface area contributed by atoms with Crippen LogP contribution in [-0.4, -0.2) is 30.2 Å². The molecule has 0 atom stereocenters. The Morgan fingerprint density at radius 1 is 1.30 bits per heavy atom. The van der Waals surface area contributed by atoms with Crippen molar-refractivity contribution in [3.63, 3.8) is 0 Å². The summed E-state index contributed by atoms with van der Waals surface area (Å²) in [6, 6.07) is 7.29. The van der Waals surface area contributed by atoms with Gasteiger partial charge >= 0.3 is 12.0 Å². The minimum Gasteiger partial charge on any atom is -0.481 e. The number of nitrogens with one attached hydrogen (secondary N) is 1. The van der Waals surface area contributed by atoms with Gasteiger partial charge in [0.1, 0.15) is 0 Å². The SMILES string of the molecule is Cc1ccc(N(CCC(=O)O)C(=O)NCC2CC2)cc1. The lowest BCUT2D eigenvalue weighted by Gasteiger charge is -2.22. The Hall–Kier alpha value is -2.04. The molecule has 1 saturated carbocycles. The van der Waals surface area contributed by atoms with Gasteiger partial charge in [0, 0.05) is 18.8 Å². The lowest BCUT2D eigenvalue weighted by atomic mass is 10.2. The average Bonchev–Trinajstić information content (AvgIpc) is 3.22. The highest BCUT2D eigenvalue weighted by atomic mass is 16.4. The molecule has 108 valence electrons. The summed E-state index contributed by atoms with van der Waals surface area (Å²) in [6.07, 6.45) is 2.27. The van der Waals surface area contributed by atoms with Gasteiger partial charge in [0.2, 0.25) is 0 Å². The molecule has 2 amide bonds. The summed E-state index contributed by atoms with van der Waals surface area (Å²) in [5, 5.41) is 11.7. The number of carboxylic acids is 1. The molecule has 0 spiro atoms. The van der Waals surface area contributed by atoms with E-state index >= 15 is 0 Å². The molecule has 0 aromatic heterocycles. The number of carboxylic acid groups (broad SMARTS) is 1. The fourth-order valence-electron chi connectivity index (χ4n) is 1.93. The van der Waals surface area contributed by atoms with Gasteiger partial charge in [-0.25, -0.2) is 4.79 Å². The van der Waals surface area contributed by atoms with Crippen LogP contribution in [0.15, 0.2) is 24.3 Å². The number of benzene rings is 1. The van der Waals surface area contributed by atoms with Gasteiger partial charge in [0.25, 0.3) is 0 Å². The summed E-state index contributed by atoms with van der Waals surface area (Å²) >= 11 is 0. The van der Waals surface area contributed by atoms with Crippen LogP contribution >= 0.6 is 0 Å². The van der Waals surface area contributed by atoms with E-state index in [-0.39, 0.29) is 19.0 Å². The first kappa shape index (κ1) is 14.4. The summed E-state index contributed by atoms with van der Waals surface area (Å²) in [6.45, 7) is 2.82. The number of rotatable bonds is 6. The molecule has 1 aliphatic rings. The van der Waals surface area contributed by atoms with E-state index in [1.165, 1.54) is 17.7 Å². The predicted molar refractivity (Wildman–Crippen MR) is 76.9 cm³/mol. The highest BCUT2D eigenvalue weighted by Crippen LogP contribution is 2.27. The standard InChI is InChI=1S/C15H20N2O3/c1-11-2-6-13(7-3-11)17(9-8-14(18)19)15(20)16-10-12-4-5-12/h2-3,6-7,12H,4-5,8-10H2,1H3,(H,16,20)(H,18,19). The van der Waals surface area contributed by atoms with E-state index in [1.807, 2.05) is 31.2 Å². The highest BCUT2D eigenvalue weighted by molar-refractivity contribution is 5.92. The number of aliphatic carboxylic acids is 1. The molecule has 2 rings (SSSR count). The number of carbonyl (C=O) groups excluding carboxylic acids is 1. The molecule has 0 radical (unpaired) electrons. The molecule has 5 heteroatoms. The van der Waals surface area contributed by atoms with E-state index in [2.05, 4.69) is 5.32 Å². The summed E-state index contributed by atoms with van der Waals surface area (Å²) < 4.78 is 0. The number of hydrogen-bond donors (Lipinski definition) is 2. The van der Waals surface area contributed by atoms with Gasteiger partial charge in [-0.1, -0.05) is 17.7 Å². The molecule has 5 nitrogen and oxygen atoms in total. The number of aryl methyl sites for hydroxylation is 1. The molecule has 2 N–H and O–H groups in total. The molecule has 0 heterocycles. The van der Waals surface area contributed by atoms with Crippen LogP contribution in [-0.2, 0) is 4.79 Å². The van der Waals surface area contributed by atoms with Crippen LogP contribution in [0.5, 0.6) is 0 Å². The zero-order valence-corrected chi connectivity index (χ0v) is 11.6. The van der Waals surface area contributed by atoms with Crippen molar-refractivity contribution in [3.8, 4) is 0 Å². The first-order valence-corrected chi connectivity index (χ1v) is 6.90. The fraction of sp³-hybridized carbons (Fsp3) is 0.467. The number of anilines is 1. The largest absolute Gasteiger partial charge is 0.481 e. The van der Waals surface area contributed by atoms with Gasteiger partial charge < -0.3 is 10.4 Å². The summed E-state index contributed by atoms with van der Waals surface area (Å²) in [5.74, 6) is -0.310. The molecule has 1 aromatic rings. The quantitative estimate of drug-likeness (QED) is 0.838. The van der Waals surface area contributed by atoms with Crippen LogP contribution in [0.25, 0.3) is 0 Å². The monoisotopic (exact) mass is 276 g/mol. The highest BCUT2D eigenvalue weighted by Gasteiger charge is 2.23. The zero-order valence-electron chi connectivity index (χ0n) is 11.6. The third-order valence-corrected chi connectivity index (χ3v) is 3.38. The van der Waals surface area contributed by atoms with Gasteiger partial charge in [-0.3, -0.25) is 9.69 Å².